The first-order chi connectivity index (χ1) is 10.0. The van der Waals surface area contributed by atoms with Gasteiger partial charge in [-0.15, -0.1) is 0 Å². The standard InChI is InChI=1S/C14H17BrN2O4/c1-2-9-7-10(15)3-4-11(9)16-14(20)17-5-6-21-12(8-17)13(18)19/h3-4,7,12H,2,5-6,8H2,1H3,(H,16,20)(H,18,19). The second-order valence-electron chi connectivity index (χ2n) is 4.73. The van der Waals surface area contributed by atoms with Crippen molar-refractivity contribution in [3.8, 4) is 0 Å². The number of aryl methyl sites for hydroxylation is 1. The van der Waals surface area contributed by atoms with Crippen LogP contribution >= 0.6 is 15.9 Å². The van der Waals surface area contributed by atoms with Gasteiger partial charge in [0.1, 0.15) is 0 Å². The highest BCUT2D eigenvalue weighted by Crippen LogP contribution is 2.22. The van der Waals surface area contributed by atoms with E-state index in [1.54, 1.807) is 0 Å². The zero-order chi connectivity index (χ0) is 15.4. The third kappa shape index (κ3) is 3.95. The second-order valence-corrected chi connectivity index (χ2v) is 5.64. The van der Waals surface area contributed by atoms with Crippen LogP contribution in [0.5, 0.6) is 0 Å². The van der Waals surface area contributed by atoms with E-state index in [4.69, 9.17) is 9.84 Å². The Labute approximate surface area is 131 Å². The minimum Gasteiger partial charge on any atom is -0.479 e. The predicted octanol–water partition coefficient (Wildman–Crippen LogP) is 2.33. The Balaban J connectivity index is 2.06. The highest BCUT2D eigenvalue weighted by Gasteiger charge is 2.29. The van der Waals surface area contributed by atoms with Gasteiger partial charge >= 0.3 is 12.0 Å². The average Bonchev–Trinajstić information content (AvgIpc) is 2.49. The predicted molar refractivity (Wildman–Crippen MR) is 81.5 cm³/mol. The summed E-state index contributed by atoms with van der Waals surface area (Å²) < 4.78 is 6.06. The van der Waals surface area contributed by atoms with Gasteiger partial charge in [0, 0.05) is 16.7 Å². The lowest BCUT2D eigenvalue weighted by Gasteiger charge is -2.31. The third-order valence-electron chi connectivity index (χ3n) is 3.32. The molecule has 6 nitrogen and oxygen atoms in total. The van der Waals surface area contributed by atoms with Crippen LogP contribution in [0.25, 0.3) is 0 Å². The van der Waals surface area contributed by atoms with Gasteiger partial charge < -0.3 is 20.1 Å². The Kier molecular flexibility index (Phi) is 5.19. The molecule has 1 aliphatic rings. The normalized spacial score (nSPS) is 18.4. The maximum atomic E-state index is 12.2. The maximum absolute atomic E-state index is 12.2. The summed E-state index contributed by atoms with van der Waals surface area (Å²) >= 11 is 3.40. The number of carbonyl (C=O) groups excluding carboxylic acids is 1. The SMILES string of the molecule is CCc1cc(Br)ccc1NC(=O)N1CCOC(C(=O)O)C1. The van der Waals surface area contributed by atoms with Crippen molar-refractivity contribution in [2.45, 2.75) is 19.4 Å². The molecule has 0 bridgehead atoms. The van der Waals surface area contributed by atoms with Crippen LogP contribution in [-0.2, 0) is 16.0 Å². The van der Waals surface area contributed by atoms with Crippen molar-refractivity contribution in [3.05, 3.63) is 28.2 Å². The molecule has 7 heteroatoms. The first kappa shape index (κ1) is 15.8. The van der Waals surface area contributed by atoms with Crippen molar-refractivity contribution in [1.82, 2.24) is 4.90 Å². The van der Waals surface area contributed by atoms with Gasteiger partial charge in [0.2, 0.25) is 0 Å². The van der Waals surface area contributed by atoms with Gasteiger partial charge in [-0.3, -0.25) is 0 Å². The molecule has 0 spiro atoms. The van der Waals surface area contributed by atoms with Gasteiger partial charge in [-0.1, -0.05) is 22.9 Å². The molecular weight excluding hydrogens is 340 g/mol. The fourth-order valence-electron chi connectivity index (χ4n) is 2.15. The van der Waals surface area contributed by atoms with Crippen LogP contribution in [0, 0.1) is 0 Å². The number of rotatable bonds is 3. The Bertz CT molecular complexity index is 550. The van der Waals surface area contributed by atoms with E-state index < -0.39 is 12.1 Å². The van der Waals surface area contributed by atoms with E-state index in [1.165, 1.54) is 4.90 Å². The van der Waals surface area contributed by atoms with E-state index in [9.17, 15) is 9.59 Å². The molecule has 1 aromatic rings. The molecule has 0 saturated carbocycles. The number of benzene rings is 1. The largest absolute Gasteiger partial charge is 0.479 e. The molecule has 1 fully saturated rings. The summed E-state index contributed by atoms with van der Waals surface area (Å²) in [7, 11) is 0. The van der Waals surface area contributed by atoms with Crippen molar-refractivity contribution in [2.75, 3.05) is 25.0 Å². The molecule has 0 aliphatic carbocycles. The van der Waals surface area contributed by atoms with E-state index in [1.807, 2.05) is 25.1 Å². The number of ether oxygens (including phenoxy) is 1. The van der Waals surface area contributed by atoms with Gasteiger partial charge in [-0.05, 0) is 30.2 Å². The number of hydrogen-bond acceptors (Lipinski definition) is 3. The van der Waals surface area contributed by atoms with Crippen LogP contribution in [0.4, 0.5) is 10.5 Å². The van der Waals surface area contributed by atoms with Crippen molar-refractivity contribution in [2.24, 2.45) is 0 Å². The van der Waals surface area contributed by atoms with Crippen LogP contribution < -0.4 is 5.32 Å². The summed E-state index contributed by atoms with van der Waals surface area (Å²) in [5.41, 5.74) is 1.75. The zero-order valence-electron chi connectivity index (χ0n) is 11.6. The molecule has 0 radical (unpaired) electrons. The summed E-state index contributed by atoms with van der Waals surface area (Å²) in [6.45, 7) is 2.67. The molecule has 21 heavy (non-hydrogen) atoms. The van der Waals surface area contributed by atoms with Gasteiger partial charge in [0.15, 0.2) is 6.10 Å². The van der Waals surface area contributed by atoms with E-state index in [0.717, 1.165) is 22.1 Å². The Morgan fingerprint density at radius 2 is 2.29 bits per heavy atom. The van der Waals surface area contributed by atoms with Crippen LogP contribution in [0.1, 0.15) is 12.5 Å². The van der Waals surface area contributed by atoms with Crippen LogP contribution in [0.2, 0.25) is 0 Å². The molecule has 1 heterocycles. The topological polar surface area (TPSA) is 78.9 Å². The van der Waals surface area contributed by atoms with Crippen molar-refractivity contribution in [3.63, 3.8) is 0 Å². The maximum Gasteiger partial charge on any atom is 0.334 e. The van der Waals surface area contributed by atoms with Gasteiger partial charge in [0.05, 0.1) is 13.2 Å². The summed E-state index contributed by atoms with van der Waals surface area (Å²) in [6.07, 6.45) is -0.171. The van der Waals surface area contributed by atoms with E-state index in [0.29, 0.717) is 6.54 Å². The first-order valence-corrected chi connectivity index (χ1v) is 7.49. The lowest BCUT2D eigenvalue weighted by Crippen LogP contribution is -2.50. The molecule has 2 rings (SSSR count). The number of aliphatic carboxylic acids is 1. The quantitative estimate of drug-likeness (QED) is 0.870. The highest BCUT2D eigenvalue weighted by atomic mass is 79.9. The monoisotopic (exact) mass is 356 g/mol. The van der Waals surface area contributed by atoms with E-state index >= 15 is 0 Å². The molecule has 2 N–H and O–H groups in total. The zero-order valence-corrected chi connectivity index (χ0v) is 13.2. The first-order valence-electron chi connectivity index (χ1n) is 6.70. The number of carboxylic acids is 1. The molecular formula is C14H17BrN2O4. The summed E-state index contributed by atoms with van der Waals surface area (Å²) in [5.74, 6) is -1.05. The summed E-state index contributed by atoms with van der Waals surface area (Å²) in [5, 5.41) is 11.8. The number of morpholine rings is 1. The minimum absolute atomic E-state index is 0.0547. The molecule has 1 unspecified atom stereocenters. The lowest BCUT2D eigenvalue weighted by atomic mass is 10.1. The number of urea groups is 1. The van der Waals surface area contributed by atoms with Crippen molar-refractivity contribution >= 4 is 33.6 Å². The second kappa shape index (κ2) is 6.91. The highest BCUT2D eigenvalue weighted by molar-refractivity contribution is 9.10. The number of carboxylic acid groups (broad SMARTS) is 1. The van der Waals surface area contributed by atoms with Gasteiger partial charge in [-0.25, -0.2) is 9.59 Å². The fraction of sp³-hybridized carbons (Fsp3) is 0.429. The molecule has 1 atom stereocenters. The number of anilines is 1. The number of amides is 2. The third-order valence-corrected chi connectivity index (χ3v) is 3.81. The number of carbonyl (C=O) groups is 2. The van der Waals surface area contributed by atoms with E-state index in [-0.39, 0.29) is 19.2 Å². The summed E-state index contributed by atoms with van der Waals surface area (Å²) in [4.78, 5) is 24.6. The minimum atomic E-state index is -1.05. The molecule has 1 saturated heterocycles. The van der Waals surface area contributed by atoms with Crippen LogP contribution in [0.15, 0.2) is 22.7 Å². The molecule has 1 aliphatic heterocycles. The number of nitrogens with zero attached hydrogens (tertiary/aromatic N) is 1. The van der Waals surface area contributed by atoms with Crippen LogP contribution in [-0.4, -0.2) is 47.8 Å². The number of halogens is 1. The lowest BCUT2D eigenvalue weighted by molar-refractivity contribution is -0.154. The van der Waals surface area contributed by atoms with Gasteiger partial charge in [0.25, 0.3) is 0 Å². The molecule has 2 amide bonds. The van der Waals surface area contributed by atoms with Crippen molar-refractivity contribution < 1.29 is 19.4 Å². The Morgan fingerprint density at radius 3 is 2.95 bits per heavy atom. The fourth-order valence-corrected chi connectivity index (χ4v) is 2.56. The number of nitrogens with one attached hydrogen (secondary N) is 1. The molecule has 0 aromatic heterocycles. The summed E-state index contributed by atoms with van der Waals surface area (Å²) in [6, 6.07) is 5.33. The van der Waals surface area contributed by atoms with Gasteiger partial charge in [-0.2, -0.15) is 0 Å². The molecule has 1 aromatic carbocycles. The molecule has 114 valence electrons. The van der Waals surface area contributed by atoms with Crippen molar-refractivity contribution in [1.29, 1.82) is 0 Å². The van der Waals surface area contributed by atoms with Crippen LogP contribution in [0.3, 0.4) is 0 Å². The Morgan fingerprint density at radius 1 is 1.52 bits per heavy atom. The average molecular weight is 357 g/mol. The smallest absolute Gasteiger partial charge is 0.334 e. The number of hydrogen-bond donors (Lipinski definition) is 2. The Hall–Kier alpha value is -1.60. The van der Waals surface area contributed by atoms with E-state index in [2.05, 4.69) is 21.2 Å².